The van der Waals surface area contributed by atoms with Gasteiger partial charge in [0.1, 0.15) is 6.54 Å². The Morgan fingerprint density at radius 1 is 1.43 bits per heavy atom. The lowest BCUT2D eigenvalue weighted by atomic mass is 10.1. The number of amides is 1. The molecule has 0 radical (unpaired) electrons. The fourth-order valence-electron chi connectivity index (χ4n) is 1.84. The average Bonchev–Trinajstić information content (AvgIpc) is 2.90. The van der Waals surface area contributed by atoms with E-state index >= 15 is 0 Å². The van der Waals surface area contributed by atoms with Gasteiger partial charge in [0.15, 0.2) is 0 Å². The summed E-state index contributed by atoms with van der Waals surface area (Å²) in [4.78, 5) is 22.3. The third kappa shape index (κ3) is 4.31. The molecule has 1 amide bonds. The van der Waals surface area contributed by atoms with E-state index in [-0.39, 0.29) is 12.5 Å². The van der Waals surface area contributed by atoms with Gasteiger partial charge in [0.25, 0.3) is 0 Å². The molecule has 21 heavy (non-hydrogen) atoms. The van der Waals surface area contributed by atoms with Crippen LogP contribution in [0.4, 0.5) is 5.69 Å². The van der Waals surface area contributed by atoms with Gasteiger partial charge in [-0.1, -0.05) is 6.07 Å². The SMILES string of the molecule is Cc1cc(NC(=O)Cn2cccn2)ccc1C=CC(=O)O. The zero-order valence-electron chi connectivity index (χ0n) is 11.5. The van der Waals surface area contributed by atoms with Gasteiger partial charge in [-0.3, -0.25) is 9.48 Å². The summed E-state index contributed by atoms with van der Waals surface area (Å²) in [5.74, 6) is -1.17. The van der Waals surface area contributed by atoms with Gasteiger partial charge in [-0.2, -0.15) is 5.10 Å². The molecule has 2 aromatic rings. The molecule has 0 fully saturated rings. The molecule has 108 valence electrons. The summed E-state index contributed by atoms with van der Waals surface area (Å²) in [6.45, 7) is 2.00. The van der Waals surface area contributed by atoms with E-state index < -0.39 is 5.97 Å². The largest absolute Gasteiger partial charge is 0.478 e. The molecule has 2 N–H and O–H groups in total. The fourth-order valence-corrected chi connectivity index (χ4v) is 1.84. The zero-order chi connectivity index (χ0) is 15.2. The molecule has 1 heterocycles. The van der Waals surface area contributed by atoms with E-state index in [1.165, 1.54) is 10.8 Å². The molecule has 0 saturated carbocycles. The summed E-state index contributed by atoms with van der Waals surface area (Å²) < 4.78 is 1.53. The average molecular weight is 285 g/mol. The summed E-state index contributed by atoms with van der Waals surface area (Å²) in [5.41, 5.74) is 2.34. The lowest BCUT2D eigenvalue weighted by Crippen LogP contribution is -2.19. The standard InChI is InChI=1S/C15H15N3O3/c1-11-9-13(5-3-12(11)4-6-15(20)21)17-14(19)10-18-8-2-7-16-18/h2-9H,10H2,1H3,(H,17,19)(H,20,21). The molecular formula is C15H15N3O3. The van der Waals surface area contributed by atoms with Crippen molar-refractivity contribution in [1.29, 1.82) is 0 Å². The van der Waals surface area contributed by atoms with Crippen molar-refractivity contribution in [2.75, 3.05) is 5.32 Å². The van der Waals surface area contributed by atoms with Crippen molar-refractivity contribution in [3.05, 3.63) is 53.9 Å². The topological polar surface area (TPSA) is 84.2 Å². The van der Waals surface area contributed by atoms with E-state index in [4.69, 9.17) is 5.11 Å². The number of aromatic nitrogens is 2. The number of carboxylic acid groups (broad SMARTS) is 1. The van der Waals surface area contributed by atoms with Crippen LogP contribution in [-0.4, -0.2) is 26.8 Å². The molecule has 0 unspecified atom stereocenters. The van der Waals surface area contributed by atoms with E-state index in [0.29, 0.717) is 5.69 Å². The van der Waals surface area contributed by atoms with Crippen molar-refractivity contribution in [3.63, 3.8) is 0 Å². The van der Waals surface area contributed by atoms with Crippen LogP contribution < -0.4 is 5.32 Å². The molecule has 0 spiro atoms. The van der Waals surface area contributed by atoms with Gasteiger partial charge in [0, 0.05) is 24.2 Å². The van der Waals surface area contributed by atoms with Crippen molar-refractivity contribution in [3.8, 4) is 0 Å². The molecule has 6 nitrogen and oxygen atoms in total. The van der Waals surface area contributed by atoms with Gasteiger partial charge < -0.3 is 10.4 Å². The van der Waals surface area contributed by atoms with Crippen LogP contribution in [-0.2, 0) is 16.1 Å². The van der Waals surface area contributed by atoms with Crippen LogP contribution in [0.3, 0.4) is 0 Å². The third-order valence-electron chi connectivity index (χ3n) is 2.82. The molecule has 1 aromatic heterocycles. The summed E-state index contributed by atoms with van der Waals surface area (Å²) in [7, 11) is 0. The minimum absolute atomic E-state index is 0.146. The highest BCUT2D eigenvalue weighted by Crippen LogP contribution is 2.16. The van der Waals surface area contributed by atoms with Gasteiger partial charge in [0.2, 0.25) is 5.91 Å². The highest BCUT2D eigenvalue weighted by molar-refractivity contribution is 5.91. The van der Waals surface area contributed by atoms with Crippen LogP contribution in [0, 0.1) is 6.92 Å². The number of nitrogens with one attached hydrogen (secondary N) is 1. The monoisotopic (exact) mass is 285 g/mol. The molecule has 0 aliphatic carbocycles. The normalized spacial score (nSPS) is 10.7. The predicted molar refractivity (Wildman–Crippen MR) is 78.7 cm³/mol. The van der Waals surface area contributed by atoms with Crippen molar-refractivity contribution >= 4 is 23.6 Å². The maximum Gasteiger partial charge on any atom is 0.328 e. The zero-order valence-corrected chi connectivity index (χ0v) is 11.5. The minimum atomic E-state index is -0.994. The number of aryl methyl sites for hydroxylation is 1. The number of benzene rings is 1. The number of carbonyl (C=O) groups excluding carboxylic acids is 1. The summed E-state index contributed by atoms with van der Waals surface area (Å²) in [6, 6.07) is 7.04. The Bertz CT molecular complexity index is 675. The van der Waals surface area contributed by atoms with E-state index in [0.717, 1.165) is 17.2 Å². The Morgan fingerprint density at radius 2 is 2.24 bits per heavy atom. The van der Waals surface area contributed by atoms with Crippen LogP contribution in [0.2, 0.25) is 0 Å². The molecule has 2 rings (SSSR count). The van der Waals surface area contributed by atoms with E-state index in [1.807, 2.05) is 6.92 Å². The van der Waals surface area contributed by atoms with Gasteiger partial charge in [0.05, 0.1) is 0 Å². The van der Waals surface area contributed by atoms with Crippen molar-refractivity contribution < 1.29 is 14.7 Å². The molecular weight excluding hydrogens is 270 g/mol. The van der Waals surface area contributed by atoms with Crippen LogP contribution in [0.15, 0.2) is 42.7 Å². The first-order chi connectivity index (χ1) is 10.0. The highest BCUT2D eigenvalue weighted by Gasteiger charge is 2.05. The van der Waals surface area contributed by atoms with Crippen molar-refractivity contribution in [2.45, 2.75) is 13.5 Å². The molecule has 0 aliphatic rings. The number of nitrogens with zero attached hydrogens (tertiary/aromatic N) is 2. The lowest BCUT2D eigenvalue weighted by molar-refractivity contribution is -0.131. The second-order valence-corrected chi connectivity index (χ2v) is 4.49. The predicted octanol–water partition coefficient (Wildman–Crippen LogP) is 1.93. The lowest BCUT2D eigenvalue weighted by Gasteiger charge is -2.08. The third-order valence-corrected chi connectivity index (χ3v) is 2.82. The fraction of sp³-hybridized carbons (Fsp3) is 0.133. The number of carbonyl (C=O) groups is 2. The van der Waals surface area contributed by atoms with Gasteiger partial charge in [-0.05, 0) is 42.3 Å². The second-order valence-electron chi connectivity index (χ2n) is 4.49. The van der Waals surface area contributed by atoms with E-state index in [1.54, 1.807) is 36.7 Å². The summed E-state index contributed by atoms with van der Waals surface area (Å²) in [6.07, 6.45) is 5.93. The molecule has 0 saturated heterocycles. The summed E-state index contributed by atoms with van der Waals surface area (Å²) >= 11 is 0. The smallest absolute Gasteiger partial charge is 0.328 e. The number of aliphatic carboxylic acids is 1. The summed E-state index contributed by atoms with van der Waals surface area (Å²) in [5, 5.41) is 15.3. The quantitative estimate of drug-likeness (QED) is 0.822. The van der Waals surface area contributed by atoms with Crippen LogP contribution in [0.5, 0.6) is 0 Å². The van der Waals surface area contributed by atoms with Crippen molar-refractivity contribution in [1.82, 2.24) is 9.78 Å². The van der Waals surface area contributed by atoms with Crippen LogP contribution >= 0.6 is 0 Å². The number of hydrogen-bond acceptors (Lipinski definition) is 3. The van der Waals surface area contributed by atoms with Crippen LogP contribution in [0.25, 0.3) is 6.08 Å². The second kappa shape index (κ2) is 6.51. The number of anilines is 1. The van der Waals surface area contributed by atoms with Gasteiger partial charge >= 0.3 is 5.97 Å². The molecule has 1 aromatic carbocycles. The van der Waals surface area contributed by atoms with Crippen LogP contribution in [0.1, 0.15) is 11.1 Å². The molecule has 0 aliphatic heterocycles. The maximum atomic E-state index is 11.8. The number of rotatable bonds is 5. The highest BCUT2D eigenvalue weighted by atomic mass is 16.4. The Balaban J connectivity index is 2.03. The van der Waals surface area contributed by atoms with Gasteiger partial charge in [-0.15, -0.1) is 0 Å². The maximum absolute atomic E-state index is 11.8. The number of hydrogen-bond donors (Lipinski definition) is 2. The number of carboxylic acids is 1. The Hall–Kier alpha value is -2.89. The Labute approximate surface area is 121 Å². The Morgan fingerprint density at radius 3 is 2.86 bits per heavy atom. The molecule has 6 heteroatoms. The van der Waals surface area contributed by atoms with Crippen molar-refractivity contribution in [2.24, 2.45) is 0 Å². The first-order valence-electron chi connectivity index (χ1n) is 6.33. The Kier molecular flexibility index (Phi) is 4.50. The first kappa shape index (κ1) is 14.5. The van der Waals surface area contributed by atoms with Gasteiger partial charge in [-0.25, -0.2) is 4.79 Å². The molecule has 0 bridgehead atoms. The van der Waals surface area contributed by atoms with E-state index in [2.05, 4.69) is 10.4 Å². The van der Waals surface area contributed by atoms with E-state index in [9.17, 15) is 9.59 Å². The first-order valence-corrected chi connectivity index (χ1v) is 6.33. The molecule has 0 atom stereocenters. The minimum Gasteiger partial charge on any atom is -0.478 e.